The third-order valence-corrected chi connectivity index (χ3v) is 13.6. The first-order valence-electron chi connectivity index (χ1n) is 22.0. The fourth-order valence-corrected chi connectivity index (χ4v) is 9.36. The van der Waals surface area contributed by atoms with Crippen LogP contribution in [0.3, 0.4) is 0 Å². The fourth-order valence-electron chi connectivity index (χ4n) is 9.36. The van der Waals surface area contributed by atoms with E-state index in [0.717, 1.165) is 50.5 Å². The summed E-state index contributed by atoms with van der Waals surface area (Å²) >= 11 is 0. The number of amides is 1. The minimum Gasteiger partial charge on any atom is -0.456 e. The lowest BCUT2D eigenvalue weighted by Crippen LogP contribution is -2.54. The zero-order valence-corrected chi connectivity index (χ0v) is 36.2. The topological polar surface area (TPSA) is 143 Å². The zero-order valence-electron chi connectivity index (χ0n) is 36.2. The first-order valence-corrected chi connectivity index (χ1v) is 22.0. The summed E-state index contributed by atoms with van der Waals surface area (Å²) in [6.07, 6.45) is 17.8. The summed E-state index contributed by atoms with van der Waals surface area (Å²) in [6.45, 7) is 14.3. The lowest BCUT2D eigenvalue weighted by molar-refractivity contribution is -0.284. The van der Waals surface area contributed by atoms with Gasteiger partial charge in [-0.2, -0.15) is 0 Å². The highest BCUT2D eigenvalue weighted by atomic mass is 16.6. The number of piperidine rings is 1. The predicted molar refractivity (Wildman–Crippen MR) is 223 cm³/mol. The number of hydrogen-bond acceptors (Lipinski definition) is 9. The number of ether oxygens (including phenoxy) is 3. The molecule has 0 radical (unpaired) electrons. The largest absolute Gasteiger partial charge is 0.456 e. The van der Waals surface area contributed by atoms with Crippen molar-refractivity contribution in [2.75, 3.05) is 13.7 Å². The standard InChI is InChI=1S/C47H75NO9/c1-30-14-10-9-11-15-31(2)43(55-8)27-38-20-18-36(7)47(54,57-38)29-45(52)48-23-13-12-16-39(48)46(53)56-44(28-42(51)33(4)24-30)32(3)17-21-40(49)34(5)25-37-19-22-41(50)35(6)26-37/h9-11,14-15,17,30,33-41,43-44,49-50,54H,12-13,16,18-29H2,1-8H3/b11-9+,14-10+,31-15+,32-17+/t30-,33-,34-,35-,36-,37+,38+,39+,40?,41-,43+,44+,47+/m1/s1. The van der Waals surface area contributed by atoms with Gasteiger partial charge in [0, 0.05) is 38.3 Å². The number of esters is 1. The van der Waals surface area contributed by atoms with Gasteiger partial charge >= 0.3 is 5.97 Å². The molecule has 0 aromatic rings. The number of rotatable bonds is 7. The number of allylic oxidation sites excluding steroid dienone is 5. The van der Waals surface area contributed by atoms with Gasteiger partial charge in [0.05, 0.1) is 30.8 Å². The molecule has 0 spiro atoms. The third kappa shape index (κ3) is 13.7. The molecule has 2 saturated heterocycles. The van der Waals surface area contributed by atoms with Crippen LogP contribution in [0.4, 0.5) is 0 Å². The van der Waals surface area contributed by atoms with Crippen molar-refractivity contribution < 1.29 is 43.9 Å². The van der Waals surface area contributed by atoms with Gasteiger partial charge in [0.25, 0.3) is 0 Å². The lowest BCUT2D eigenvalue weighted by Gasteiger charge is -2.44. The van der Waals surface area contributed by atoms with Crippen molar-refractivity contribution in [2.45, 2.75) is 181 Å². The van der Waals surface area contributed by atoms with Crippen LogP contribution in [0, 0.1) is 35.5 Å². The van der Waals surface area contributed by atoms with E-state index >= 15 is 0 Å². The van der Waals surface area contributed by atoms with Crippen LogP contribution in [-0.2, 0) is 28.6 Å². The van der Waals surface area contributed by atoms with Crippen LogP contribution in [0.15, 0.2) is 47.6 Å². The van der Waals surface area contributed by atoms with E-state index in [1.165, 1.54) is 0 Å². The molecule has 57 heavy (non-hydrogen) atoms. The van der Waals surface area contributed by atoms with Crippen molar-refractivity contribution >= 4 is 17.7 Å². The molecule has 1 amide bonds. The Hall–Kier alpha value is -2.63. The molecule has 4 rings (SSSR count). The number of ketones is 1. The highest BCUT2D eigenvalue weighted by Crippen LogP contribution is 2.38. The molecule has 3 aliphatic heterocycles. The quantitative estimate of drug-likeness (QED) is 0.174. The van der Waals surface area contributed by atoms with E-state index in [0.29, 0.717) is 50.1 Å². The Labute approximate surface area is 343 Å². The van der Waals surface area contributed by atoms with Crippen molar-refractivity contribution in [3.63, 3.8) is 0 Å². The maximum atomic E-state index is 14.2. The molecule has 1 saturated carbocycles. The van der Waals surface area contributed by atoms with Gasteiger partial charge in [0.15, 0.2) is 5.79 Å². The molecule has 322 valence electrons. The number of aliphatic hydroxyl groups excluding tert-OH is 2. The number of aliphatic hydroxyl groups is 3. The van der Waals surface area contributed by atoms with Gasteiger partial charge < -0.3 is 34.4 Å². The molecule has 10 nitrogen and oxygen atoms in total. The van der Waals surface area contributed by atoms with Crippen LogP contribution in [-0.4, -0.2) is 93.9 Å². The average Bonchev–Trinajstić information content (AvgIpc) is 3.17. The number of Topliss-reactive ketones (excluding diaryl/α,β-unsaturated/α-hetero) is 1. The summed E-state index contributed by atoms with van der Waals surface area (Å²) < 4.78 is 18.4. The Morgan fingerprint density at radius 3 is 2.49 bits per heavy atom. The van der Waals surface area contributed by atoms with Gasteiger partial charge in [0.1, 0.15) is 17.9 Å². The van der Waals surface area contributed by atoms with Crippen molar-refractivity contribution in [1.29, 1.82) is 0 Å². The van der Waals surface area contributed by atoms with Gasteiger partial charge in [-0.3, -0.25) is 9.59 Å². The summed E-state index contributed by atoms with van der Waals surface area (Å²) in [5.74, 6) is -2.32. The molecule has 3 N–H and O–H groups in total. The summed E-state index contributed by atoms with van der Waals surface area (Å²) in [6, 6.07) is -0.848. The van der Waals surface area contributed by atoms with Crippen LogP contribution >= 0.6 is 0 Å². The Kier molecular flexibility index (Phi) is 18.2. The normalized spacial score (nSPS) is 39.2. The molecular weight excluding hydrogens is 723 g/mol. The van der Waals surface area contributed by atoms with E-state index in [1.54, 1.807) is 12.0 Å². The minimum atomic E-state index is -1.70. The zero-order chi connectivity index (χ0) is 41.9. The van der Waals surface area contributed by atoms with Crippen LogP contribution in [0.2, 0.25) is 0 Å². The first kappa shape index (κ1) is 47.1. The molecule has 2 bridgehead atoms. The second-order valence-corrected chi connectivity index (χ2v) is 18.4. The van der Waals surface area contributed by atoms with E-state index in [-0.39, 0.29) is 72.4 Å². The average molecular weight is 798 g/mol. The number of hydrogen-bond donors (Lipinski definition) is 3. The Morgan fingerprint density at radius 2 is 1.77 bits per heavy atom. The van der Waals surface area contributed by atoms with Gasteiger partial charge in [-0.15, -0.1) is 0 Å². The molecule has 0 aromatic heterocycles. The molecule has 3 heterocycles. The molecule has 0 aromatic carbocycles. The van der Waals surface area contributed by atoms with Crippen molar-refractivity contribution in [2.24, 2.45) is 35.5 Å². The summed E-state index contributed by atoms with van der Waals surface area (Å²) in [4.78, 5) is 43.6. The highest BCUT2D eigenvalue weighted by Gasteiger charge is 2.46. The smallest absolute Gasteiger partial charge is 0.329 e. The summed E-state index contributed by atoms with van der Waals surface area (Å²) in [5, 5.41) is 33.3. The van der Waals surface area contributed by atoms with Crippen LogP contribution in [0.25, 0.3) is 0 Å². The van der Waals surface area contributed by atoms with Crippen molar-refractivity contribution in [1.82, 2.24) is 4.90 Å². The monoisotopic (exact) mass is 798 g/mol. The van der Waals surface area contributed by atoms with Gasteiger partial charge in [-0.05, 0) is 119 Å². The van der Waals surface area contributed by atoms with Gasteiger partial charge in [0.2, 0.25) is 5.91 Å². The van der Waals surface area contributed by atoms with E-state index in [2.05, 4.69) is 26.8 Å². The lowest BCUT2D eigenvalue weighted by atomic mass is 9.76. The number of carbonyl (C=O) groups is 3. The second kappa shape index (κ2) is 22.1. The van der Waals surface area contributed by atoms with E-state index < -0.39 is 30.0 Å². The summed E-state index contributed by atoms with van der Waals surface area (Å²) in [5.41, 5.74) is 1.72. The second-order valence-electron chi connectivity index (χ2n) is 18.4. The molecule has 13 atom stereocenters. The SMILES string of the molecule is CO[C@H]1C[C@@H]2CC[C@@H](C)[C@](O)(CC(=O)N3CCCC[C@H]3C(=O)O[C@H](/C(C)=C/CC(O)[C@H](C)C[C@@H]3CC[C@@H](O)[C@H](C)C3)CC(=O)[C@H](C)C[C@H](C)/C=C/C=C/C=C/1C)O2. The van der Waals surface area contributed by atoms with Crippen molar-refractivity contribution in [3.05, 3.63) is 47.6 Å². The maximum Gasteiger partial charge on any atom is 0.329 e. The summed E-state index contributed by atoms with van der Waals surface area (Å²) in [7, 11) is 1.66. The third-order valence-electron chi connectivity index (χ3n) is 13.6. The molecule has 1 aliphatic carbocycles. The number of carbonyl (C=O) groups excluding carboxylic acids is 3. The van der Waals surface area contributed by atoms with E-state index in [4.69, 9.17) is 14.2 Å². The Bertz CT molecular complexity index is 1450. The first-order chi connectivity index (χ1) is 27.0. The highest BCUT2D eigenvalue weighted by molar-refractivity contribution is 5.86. The fraction of sp³-hybridized carbons (Fsp3) is 0.766. The van der Waals surface area contributed by atoms with Crippen LogP contribution < -0.4 is 0 Å². The van der Waals surface area contributed by atoms with Gasteiger partial charge in [-0.25, -0.2) is 4.79 Å². The molecule has 10 heteroatoms. The molecular formula is C47H75NO9. The number of fused-ring (bicyclic) bond motifs is 3. The van der Waals surface area contributed by atoms with Crippen LogP contribution in [0.1, 0.15) is 138 Å². The van der Waals surface area contributed by atoms with Crippen LogP contribution in [0.5, 0.6) is 0 Å². The number of nitrogens with zero attached hydrogens (tertiary/aromatic N) is 1. The minimum absolute atomic E-state index is 0.00257. The maximum absolute atomic E-state index is 14.2. The van der Waals surface area contributed by atoms with Crippen molar-refractivity contribution in [3.8, 4) is 0 Å². The Morgan fingerprint density at radius 1 is 1.02 bits per heavy atom. The number of methoxy groups -OCH3 is 1. The molecule has 3 fully saturated rings. The Balaban J connectivity index is 1.58. The predicted octanol–water partition coefficient (Wildman–Crippen LogP) is 7.79. The number of cyclic esters (lactones) is 1. The van der Waals surface area contributed by atoms with E-state index in [9.17, 15) is 29.7 Å². The molecule has 4 aliphatic rings. The molecule has 1 unspecified atom stereocenters. The van der Waals surface area contributed by atoms with Gasteiger partial charge in [-0.1, -0.05) is 71.1 Å². The van der Waals surface area contributed by atoms with E-state index in [1.807, 2.05) is 58.1 Å².